The predicted molar refractivity (Wildman–Crippen MR) is 137 cm³/mol. The maximum atomic E-state index is 14.5. The first-order valence-electron chi connectivity index (χ1n) is 13.5. The van der Waals surface area contributed by atoms with Crippen molar-refractivity contribution in [3.05, 3.63) is 47.2 Å². The van der Waals surface area contributed by atoms with Gasteiger partial charge in [0.05, 0.1) is 24.9 Å². The van der Waals surface area contributed by atoms with E-state index in [1.807, 2.05) is 5.32 Å². The number of carbonyl (C=O) groups excluding carboxylic acids is 2. The monoisotopic (exact) mass is 599 g/mol. The molecule has 0 spiro atoms. The van der Waals surface area contributed by atoms with E-state index in [4.69, 9.17) is 13.7 Å². The van der Waals surface area contributed by atoms with Crippen LogP contribution in [0.25, 0.3) is 11.1 Å². The van der Waals surface area contributed by atoms with Gasteiger partial charge in [0.2, 0.25) is 11.8 Å². The van der Waals surface area contributed by atoms with Gasteiger partial charge in [0.15, 0.2) is 5.58 Å². The molecule has 3 heterocycles. The Balaban J connectivity index is 1.47. The fourth-order valence-electron chi connectivity index (χ4n) is 5.63. The second-order valence-electron chi connectivity index (χ2n) is 10.6. The summed E-state index contributed by atoms with van der Waals surface area (Å²) in [6, 6.07) is -0.148. The number of carbonyl (C=O) groups is 2. The lowest BCUT2D eigenvalue weighted by Crippen LogP contribution is -2.40. The number of oxazole rings is 1. The molecule has 10 nitrogen and oxygen atoms in total. The van der Waals surface area contributed by atoms with Crippen LogP contribution in [-0.4, -0.2) is 65.4 Å². The number of hydrogen-bond acceptors (Lipinski definition) is 7. The zero-order valence-corrected chi connectivity index (χ0v) is 22.8. The number of aryl methyl sites for hydroxylation is 1. The normalized spacial score (nSPS) is 22.3. The minimum atomic E-state index is -4.62. The summed E-state index contributed by atoms with van der Waals surface area (Å²) in [5.41, 5.74) is 1.56. The summed E-state index contributed by atoms with van der Waals surface area (Å²) in [7, 11) is 1.36. The summed E-state index contributed by atoms with van der Waals surface area (Å²) < 4.78 is 84.9. The summed E-state index contributed by atoms with van der Waals surface area (Å²) >= 11 is 0. The number of rotatable bonds is 9. The van der Waals surface area contributed by atoms with Gasteiger partial charge in [0.25, 0.3) is 5.91 Å². The van der Waals surface area contributed by atoms with Gasteiger partial charge in [-0.1, -0.05) is 18.1 Å². The first-order chi connectivity index (χ1) is 19.9. The number of ether oxygens (including phenoxy) is 1. The number of nitrogens with one attached hydrogen (secondary N) is 2. The molecule has 4 atom stereocenters. The molecule has 42 heavy (non-hydrogen) atoms. The molecule has 1 aliphatic carbocycles. The van der Waals surface area contributed by atoms with Crippen molar-refractivity contribution in [3.63, 3.8) is 0 Å². The van der Waals surface area contributed by atoms with E-state index in [-0.39, 0.29) is 42.0 Å². The van der Waals surface area contributed by atoms with Gasteiger partial charge < -0.3 is 29.2 Å². The molecule has 228 valence electrons. The Hall–Kier alpha value is -3.75. The largest absolute Gasteiger partial charge is 0.438 e. The average Bonchev–Trinajstić information content (AvgIpc) is 3.67. The zero-order chi connectivity index (χ0) is 30.2. The molecule has 3 aromatic rings. The first kappa shape index (κ1) is 29.7. The highest BCUT2D eigenvalue weighted by Crippen LogP contribution is 2.43. The Morgan fingerprint density at radius 2 is 2.12 bits per heavy atom. The molecule has 2 aromatic heterocycles. The van der Waals surface area contributed by atoms with Crippen molar-refractivity contribution in [1.29, 1.82) is 0 Å². The second-order valence-corrected chi connectivity index (χ2v) is 10.6. The predicted octanol–water partition coefficient (Wildman–Crippen LogP) is 5.32. The fourth-order valence-corrected chi connectivity index (χ4v) is 5.63. The van der Waals surface area contributed by atoms with Gasteiger partial charge in [-0.05, 0) is 42.9 Å². The zero-order valence-electron chi connectivity index (χ0n) is 22.8. The number of amides is 3. The van der Waals surface area contributed by atoms with Gasteiger partial charge in [-0.3, -0.25) is 4.79 Å². The van der Waals surface area contributed by atoms with Crippen LogP contribution in [0.4, 0.5) is 26.7 Å². The van der Waals surface area contributed by atoms with Crippen LogP contribution in [0.5, 0.6) is 0 Å². The SMILES string of the molecule is CCc1nocc1C(=O)N[C@H](c1nc2cc([C@@H](COC)N3C[C@@H](C(F)(F)F)NC3=O)ccc2o1)[C@H]1CCCC(F)(F)C1. The summed E-state index contributed by atoms with van der Waals surface area (Å²) in [4.78, 5) is 31.2. The van der Waals surface area contributed by atoms with Gasteiger partial charge >= 0.3 is 12.2 Å². The van der Waals surface area contributed by atoms with Crippen molar-refractivity contribution in [3.8, 4) is 0 Å². The molecule has 0 unspecified atom stereocenters. The van der Waals surface area contributed by atoms with Gasteiger partial charge in [0.1, 0.15) is 29.4 Å². The minimum Gasteiger partial charge on any atom is -0.438 e. The Labute approximate surface area is 236 Å². The molecule has 1 saturated carbocycles. The molecule has 0 bridgehead atoms. The Morgan fingerprint density at radius 3 is 2.79 bits per heavy atom. The van der Waals surface area contributed by atoms with Crippen molar-refractivity contribution >= 4 is 23.0 Å². The quantitative estimate of drug-likeness (QED) is 0.319. The molecule has 5 rings (SSSR count). The van der Waals surface area contributed by atoms with E-state index in [1.165, 1.54) is 19.4 Å². The summed E-state index contributed by atoms with van der Waals surface area (Å²) in [6.45, 7) is 1.09. The maximum absolute atomic E-state index is 14.5. The molecule has 1 saturated heterocycles. The van der Waals surface area contributed by atoms with Crippen LogP contribution in [0.3, 0.4) is 0 Å². The maximum Gasteiger partial charge on any atom is 0.410 e. The van der Waals surface area contributed by atoms with Crippen molar-refractivity contribution in [2.75, 3.05) is 20.3 Å². The van der Waals surface area contributed by atoms with Gasteiger partial charge in [-0.2, -0.15) is 13.2 Å². The lowest BCUT2D eigenvalue weighted by molar-refractivity contribution is -0.150. The molecule has 1 aliphatic heterocycles. The molecule has 15 heteroatoms. The number of urea groups is 1. The van der Waals surface area contributed by atoms with Crippen LogP contribution in [0.2, 0.25) is 0 Å². The van der Waals surface area contributed by atoms with Crippen LogP contribution < -0.4 is 10.6 Å². The lowest BCUT2D eigenvalue weighted by Gasteiger charge is -2.33. The summed E-state index contributed by atoms with van der Waals surface area (Å²) in [5, 5.41) is 8.54. The number of fused-ring (bicyclic) bond motifs is 1. The van der Waals surface area contributed by atoms with E-state index < -0.39 is 61.0 Å². The summed E-state index contributed by atoms with van der Waals surface area (Å²) in [5.74, 6) is -4.18. The van der Waals surface area contributed by atoms with E-state index >= 15 is 0 Å². The number of nitrogens with zero attached hydrogens (tertiary/aromatic N) is 3. The average molecular weight is 600 g/mol. The topological polar surface area (TPSA) is 123 Å². The third kappa shape index (κ3) is 6.05. The Bertz CT molecular complexity index is 1440. The van der Waals surface area contributed by atoms with Crippen molar-refractivity contribution in [2.24, 2.45) is 5.92 Å². The highest BCUT2D eigenvalue weighted by Gasteiger charge is 2.48. The van der Waals surface area contributed by atoms with Crippen molar-refractivity contribution < 1.29 is 45.2 Å². The highest BCUT2D eigenvalue weighted by molar-refractivity contribution is 5.95. The van der Waals surface area contributed by atoms with E-state index in [0.717, 1.165) is 4.90 Å². The van der Waals surface area contributed by atoms with E-state index in [2.05, 4.69) is 15.5 Å². The third-order valence-electron chi connectivity index (χ3n) is 7.77. The second kappa shape index (κ2) is 11.5. The summed E-state index contributed by atoms with van der Waals surface area (Å²) in [6.07, 6.45) is -3.11. The van der Waals surface area contributed by atoms with Gasteiger partial charge in [-0.25, -0.2) is 18.6 Å². The van der Waals surface area contributed by atoms with Crippen LogP contribution in [0.1, 0.15) is 72.2 Å². The van der Waals surface area contributed by atoms with Crippen molar-refractivity contribution in [1.82, 2.24) is 25.7 Å². The van der Waals surface area contributed by atoms with Crippen LogP contribution >= 0.6 is 0 Å². The number of methoxy groups -OCH3 is 1. The number of hydrogen-bond donors (Lipinski definition) is 2. The van der Waals surface area contributed by atoms with E-state index in [1.54, 1.807) is 19.1 Å². The first-order valence-corrected chi connectivity index (χ1v) is 13.5. The minimum absolute atomic E-state index is 0.00652. The number of aromatic nitrogens is 2. The molecular formula is C27H30F5N5O5. The Kier molecular flexibility index (Phi) is 8.14. The molecule has 3 amide bonds. The molecule has 2 fully saturated rings. The van der Waals surface area contributed by atoms with Gasteiger partial charge in [0, 0.05) is 20.0 Å². The Morgan fingerprint density at radius 1 is 1.33 bits per heavy atom. The van der Waals surface area contributed by atoms with Gasteiger partial charge in [-0.15, -0.1) is 0 Å². The van der Waals surface area contributed by atoms with Crippen LogP contribution in [0.15, 0.2) is 33.4 Å². The highest BCUT2D eigenvalue weighted by atomic mass is 19.4. The fraction of sp³-hybridized carbons (Fsp3) is 0.556. The number of benzene rings is 1. The van der Waals surface area contributed by atoms with Crippen molar-refractivity contribution in [2.45, 2.75) is 69.3 Å². The molecular weight excluding hydrogens is 569 g/mol. The van der Waals surface area contributed by atoms with Crippen LogP contribution in [-0.2, 0) is 11.2 Å². The molecule has 2 N–H and O–H groups in total. The molecule has 1 aromatic carbocycles. The lowest BCUT2D eigenvalue weighted by atomic mass is 9.81. The van der Waals surface area contributed by atoms with E-state index in [9.17, 15) is 31.5 Å². The number of alkyl halides is 5. The molecule has 0 radical (unpaired) electrons. The standard InChI is InChI=1S/C27H30F5N5O5/c1-3-17-16(12-41-36-17)23(38)35-22(15-5-4-8-26(28,29)10-15)24-33-18-9-14(6-7-20(18)42-24)19(13-40-2)37-11-21(27(30,31)32)34-25(37)39/h6-7,9,12,15,19,21-22H,3-5,8,10-11,13H2,1-2H3,(H,34,39)(H,35,38)/t15-,19+,21-,22-/m0/s1. The van der Waals surface area contributed by atoms with E-state index in [0.29, 0.717) is 24.1 Å². The number of halogens is 5. The smallest absolute Gasteiger partial charge is 0.410 e. The third-order valence-corrected chi connectivity index (χ3v) is 7.77. The van der Waals surface area contributed by atoms with Crippen LogP contribution in [0, 0.1) is 5.92 Å². The molecule has 2 aliphatic rings.